The third kappa shape index (κ3) is 7.06. The van der Waals surface area contributed by atoms with Gasteiger partial charge in [0.2, 0.25) is 5.91 Å². The Kier molecular flexibility index (Phi) is 9.87. The number of hydrogen-bond donors (Lipinski definition) is 1. The van der Waals surface area contributed by atoms with Crippen LogP contribution in [0.25, 0.3) is 0 Å². The van der Waals surface area contributed by atoms with Gasteiger partial charge in [-0.25, -0.2) is 0 Å². The molecule has 1 N–H and O–H groups in total. The lowest BCUT2D eigenvalue weighted by atomic mass is 9.96. The van der Waals surface area contributed by atoms with Crippen molar-refractivity contribution in [2.75, 3.05) is 32.7 Å². The summed E-state index contributed by atoms with van der Waals surface area (Å²) in [4.78, 5) is 17.8. The van der Waals surface area contributed by atoms with Crippen LogP contribution in [0.15, 0.2) is 115 Å². The Morgan fingerprint density at radius 2 is 1.32 bits per heavy atom. The zero-order valence-corrected chi connectivity index (χ0v) is 22.1. The van der Waals surface area contributed by atoms with Crippen LogP contribution in [0.1, 0.15) is 49.0 Å². The molecule has 0 saturated carbocycles. The molecule has 1 unspecified atom stereocenters. The highest BCUT2D eigenvalue weighted by Crippen LogP contribution is 2.29. The third-order valence-electron chi connectivity index (χ3n) is 6.99. The van der Waals surface area contributed by atoms with E-state index in [1.807, 2.05) is 17.9 Å². The van der Waals surface area contributed by atoms with Crippen LogP contribution in [0, 0.1) is 0 Å². The van der Waals surface area contributed by atoms with E-state index >= 15 is 0 Å². The summed E-state index contributed by atoms with van der Waals surface area (Å²) in [5.41, 5.74) is 4.95. The highest BCUT2D eigenvalue weighted by molar-refractivity contribution is 5.78. The molecule has 0 bridgehead atoms. The fraction of sp³-hybridized carbons (Fsp3) is 0.303. The SMILES string of the molecule is C/C=C\C(=C/CC)C(NCC(=O)N1CCN(C(c2ccccc2)c2ccccc2)CC1)c1ccccc1. The minimum absolute atomic E-state index is 0.0110. The lowest BCUT2D eigenvalue weighted by Gasteiger charge is -2.40. The lowest BCUT2D eigenvalue weighted by Crippen LogP contribution is -2.51. The van der Waals surface area contributed by atoms with Gasteiger partial charge in [-0.2, -0.15) is 0 Å². The molecule has 37 heavy (non-hydrogen) atoms. The first-order valence-electron chi connectivity index (χ1n) is 13.4. The second-order valence-electron chi connectivity index (χ2n) is 9.48. The minimum atomic E-state index is -0.0110. The first-order chi connectivity index (χ1) is 18.2. The van der Waals surface area contributed by atoms with Gasteiger partial charge in [0.15, 0.2) is 0 Å². The summed E-state index contributed by atoms with van der Waals surface area (Å²) >= 11 is 0. The molecule has 4 nitrogen and oxygen atoms in total. The Hall–Kier alpha value is -3.47. The Morgan fingerprint density at radius 3 is 1.81 bits per heavy atom. The molecule has 1 aliphatic heterocycles. The molecule has 4 rings (SSSR count). The molecule has 1 fully saturated rings. The average Bonchev–Trinajstić information content (AvgIpc) is 2.95. The third-order valence-corrected chi connectivity index (χ3v) is 6.99. The number of nitrogens with zero attached hydrogens (tertiary/aromatic N) is 2. The van der Waals surface area contributed by atoms with Crippen LogP contribution in [0.5, 0.6) is 0 Å². The summed E-state index contributed by atoms with van der Waals surface area (Å²) in [6.45, 7) is 7.67. The molecule has 192 valence electrons. The van der Waals surface area contributed by atoms with Crippen molar-refractivity contribution in [3.05, 3.63) is 131 Å². The first-order valence-corrected chi connectivity index (χ1v) is 13.4. The predicted octanol–water partition coefficient (Wildman–Crippen LogP) is 6.16. The fourth-order valence-electron chi connectivity index (χ4n) is 5.20. The van der Waals surface area contributed by atoms with Crippen LogP contribution < -0.4 is 5.32 Å². The van der Waals surface area contributed by atoms with E-state index in [1.165, 1.54) is 22.3 Å². The minimum Gasteiger partial charge on any atom is -0.339 e. The van der Waals surface area contributed by atoms with Gasteiger partial charge in [0.1, 0.15) is 0 Å². The summed E-state index contributed by atoms with van der Waals surface area (Å²) < 4.78 is 0. The van der Waals surface area contributed by atoms with Crippen molar-refractivity contribution in [1.29, 1.82) is 0 Å². The molecule has 0 aromatic heterocycles. The fourth-order valence-corrected chi connectivity index (χ4v) is 5.20. The number of piperazine rings is 1. The van der Waals surface area contributed by atoms with Crippen LogP contribution in [0.2, 0.25) is 0 Å². The Labute approximate surface area is 222 Å². The van der Waals surface area contributed by atoms with Gasteiger partial charge in [0.05, 0.1) is 18.6 Å². The van der Waals surface area contributed by atoms with Gasteiger partial charge in [0, 0.05) is 26.2 Å². The monoisotopic (exact) mass is 493 g/mol. The first kappa shape index (κ1) is 26.6. The van der Waals surface area contributed by atoms with E-state index in [0.717, 1.165) is 32.6 Å². The lowest BCUT2D eigenvalue weighted by molar-refractivity contribution is -0.132. The standard InChI is InChI=1S/C33H39N3O/c1-3-14-27(15-4-2)32(28-16-8-5-9-17-28)34-26-31(37)35-22-24-36(25-23-35)33(29-18-10-6-11-19-29)30-20-12-7-13-21-30/h3,5-21,32-34H,4,22-26H2,1-2H3/b14-3-,27-15+. The van der Waals surface area contributed by atoms with E-state index in [-0.39, 0.29) is 18.0 Å². The molecule has 1 heterocycles. The summed E-state index contributed by atoms with van der Waals surface area (Å²) in [6.07, 6.45) is 7.40. The van der Waals surface area contributed by atoms with Gasteiger partial charge in [-0.15, -0.1) is 0 Å². The summed E-state index contributed by atoms with van der Waals surface area (Å²) in [5.74, 6) is 0.160. The highest BCUT2D eigenvalue weighted by Gasteiger charge is 2.28. The summed E-state index contributed by atoms with van der Waals surface area (Å²) in [7, 11) is 0. The van der Waals surface area contributed by atoms with Crippen molar-refractivity contribution in [3.63, 3.8) is 0 Å². The Morgan fingerprint density at radius 1 is 0.811 bits per heavy atom. The smallest absolute Gasteiger partial charge is 0.236 e. The number of hydrogen-bond acceptors (Lipinski definition) is 3. The molecule has 3 aromatic carbocycles. The summed E-state index contributed by atoms with van der Waals surface area (Å²) in [6, 6.07) is 31.9. The van der Waals surface area contributed by atoms with E-state index in [0.29, 0.717) is 6.54 Å². The zero-order chi connectivity index (χ0) is 25.9. The van der Waals surface area contributed by atoms with E-state index in [2.05, 4.69) is 120 Å². The number of allylic oxidation sites excluding steroid dienone is 2. The zero-order valence-electron chi connectivity index (χ0n) is 22.1. The predicted molar refractivity (Wildman–Crippen MR) is 153 cm³/mol. The molecular formula is C33H39N3O. The molecular weight excluding hydrogens is 454 g/mol. The number of rotatable bonds is 10. The van der Waals surface area contributed by atoms with E-state index in [9.17, 15) is 4.79 Å². The van der Waals surface area contributed by atoms with E-state index in [4.69, 9.17) is 0 Å². The topological polar surface area (TPSA) is 35.6 Å². The molecule has 1 saturated heterocycles. The van der Waals surface area contributed by atoms with Gasteiger partial charge in [-0.1, -0.05) is 116 Å². The molecule has 0 aliphatic carbocycles. The van der Waals surface area contributed by atoms with E-state index in [1.54, 1.807) is 0 Å². The van der Waals surface area contributed by atoms with Crippen LogP contribution in [-0.4, -0.2) is 48.4 Å². The average molecular weight is 494 g/mol. The maximum Gasteiger partial charge on any atom is 0.236 e. The number of amides is 1. The molecule has 4 heteroatoms. The van der Waals surface area contributed by atoms with Crippen molar-refractivity contribution in [2.45, 2.75) is 32.4 Å². The number of benzene rings is 3. The molecule has 1 amide bonds. The maximum absolute atomic E-state index is 13.3. The highest BCUT2D eigenvalue weighted by atomic mass is 16.2. The second-order valence-corrected chi connectivity index (χ2v) is 9.48. The van der Waals surface area contributed by atoms with Gasteiger partial charge in [-0.05, 0) is 35.6 Å². The molecule has 0 spiro atoms. The summed E-state index contributed by atoms with van der Waals surface area (Å²) in [5, 5.41) is 3.56. The van der Waals surface area contributed by atoms with Gasteiger partial charge in [-0.3, -0.25) is 15.0 Å². The van der Waals surface area contributed by atoms with Crippen LogP contribution in [0.4, 0.5) is 0 Å². The Balaban J connectivity index is 1.42. The molecule has 1 atom stereocenters. The van der Waals surface area contributed by atoms with Crippen molar-refractivity contribution >= 4 is 5.91 Å². The van der Waals surface area contributed by atoms with E-state index < -0.39 is 0 Å². The van der Waals surface area contributed by atoms with Crippen molar-refractivity contribution in [3.8, 4) is 0 Å². The Bertz CT molecular complexity index is 1110. The van der Waals surface area contributed by atoms with Gasteiger partial charge < -0.3 is 4.90 Å². The number of carbonyl (C=O) groups excluding carboxylic acids is 1. The van der Waals surface area contributed by atoms with Gasteiger partial charge in [0.25, 0.3) is 0 Å². The number of carbonyl (C=O) groups is 1. The van der Waals surface area contributed by atoms with Crippen molar-refractivity contribution in [1.82, 2.24) is 15.1 Å². The largest absolute Gasteiger partial charge is 0.339 e. The van der Waals surface area contributed by atoms with Crippen molar-refractivity contribution < 1.29 is 4.79 Å². The second kappa shape index (κ2) is 13.7. The number of nitrogens with one attached hydrogen (secondary N) is 1. The molecule has 0 radical (unpaired) electrons. The van der Waals surface area contributed by atoms with Crippen LogP contribution >= 0.6 is 0 Å². The molecule has 3 aromatic rings. The van der Waals surface area contributed by atoms with Crippen LogP contribution in [0.3, 0.4) is 0 Å². The van der Waals surface area contributed by atoms with Crippen molar-refractivity contribution in [2.24, 2.45) is 0 Å². The molecule has 1 aliphatic rings. The quantitative estimate of drug-likeness (QED) is 0.344. The normalized spacial score (nSPS) is 15.9. The van der Waals surface area contributed by atoms with Gasteiger partial charge >= 0.3 is 0 Å². The van der Waals surface area contributed by atoms with Crippen LogP contribution in [-0.2, 0) is 4.79 Å². The maximum atomic E-state index is 13.3.